The van der Waals surface area contributed by atoms with Crippen LogP contribution >= 0.6 is 8.69 Å². The Kier molecular flexibility index (Phi) is 4.77. The molecule has 1 saturated heterocycles. The summed E-state index contributed by atoms with van der Waals surface area (Å²) in [6.07, 6.45) is 2.34. The van der Waals surface area contributed by atoms with Gasteiger partial charge in [0.05, 0.1) is 12.9 Å². The molecular formula is C14H16FN6O4P. The number of halogens is 1. The third kappa shape index (κ3) is 2.77. The van der Waals surface area contributed by atoms with E-state index >= 15 is 4.39 Å². The molecule has 3 rings (SSSR count). The van der Waals surface area contributed by atoms with Crippen LogP contribution in [0, 0.1) is 12.3 Å². The maximum absolute atomic E-state index is 15.3. The lowest BCUT2D eigenvalue weighted by molar-refractivity contribution is -0.0451. The van der Waals surface area contributed by atoms with Crippen LogP contribution in [0.1, 0.15) is 6.23 Å². The smallest absolute Gasteiger partial charge is 0.327 e. The Morgan fingerprint density at radius 3 is 2.96 bits per heavy atom. The fourth-order valence-electron chi connectivity index (χ4n) is 2.82. The predicted molar refractivity (Wildman–Crippen MR) is 90.2 cm³/mol. The minimum absolute atomic E-state index is 0.0447. The van der Waals surface area contributed by atoms with E-state index in [1.807, 2.05) is 5.92 Å². The summed E-state index contributed by atoms with van der Waals surface area (Å²) in [5.41, 5.74) is 3.71. The molecule has 1 fully saturated rings. The number of fused-ring (bicyclic) bond motifs is 1. The van der Waals surface area contributed by atoms with Crippen molar-refractivity contribution in [2.75, 3.05) is 31.3 Å². The molecule has 0 bridgehead atoms. The molecule has 2 aromatic rings. The van der Waals surface area contributed by atoms with Crippen LogP contribution in [0.5, 0.6) is 0 Å². The van der Waals surface area contributed by atoms with E-state index < -0.39 is 32.8 Å². The molecule has 138 valence electrons. The van der Waals surface area contributed by atoms with Gasteiger partial charge in [0.1, 0.15) is 12.2 Å². The molecule has 4 atom stereocenters. The van der Waals surface area contributed by atoms with Crippen LogP contribution in [0.3, 0.4) is 0 Å². The maximum atomic E-state index is 15.3. The first-order valence-corrected chi connectivity index (χ1v) is 8.18. The van der Waals surface area contributed by atoms with Crippen molar-refractivity contribution in [2.24, 2.45) is 0 Å². The molecule has 1 aliphatic heterocycles. The highest BCUT2D eigenvalue weighted by atomic mass is 31.1. The van der Waals surface area contributed by atoms with Gasteiger partial charge in [-0.1, -0.05) is 5.92 Å². The quantitative estimate of drug-likeness (QED) is 0.554. The number of aliphatic hydroxyl groups is 1. The Hall–Kier alpha value is -2.38. The predicted octanol–water partition coefficient (Wildman–Crippen LogP) is 0.298. The van der Waals surface area contributed by atoms with Crippen LogP contribution in [0.25, 0.3) is 11.2 Å². The molecule has 2 aromatic heterocycles. The van der Waals surface area contributed by atoms with Gasteiger partial charge in [0, 0.05) is 14.1 Å². The van der Waals surface area contributed by atoms with Gasteiger partial charge in [-0.25, -0.2) is 13.9 Å². The molecule has 0 aromatic carbocycles. The molecule has 12 heteroatoms. The molecule has 3 heterocycles. The summed E-state index contributed by atoms with van der Waals surface area (Å²) in [6.45, 7) is -0.317. The number of imidazole rings is 1. The number of hydrogen-bond acceptors (Lipinski definition) is 9. The lowest BCUT2D eigenvalue weighted by Gasteiger charge is -2.23. The number of nitrogens with zero attached hydrogens (tertiary/aromatic N) is 5. The molecular weight excluding hydrogens is 366 g/mol. The largest absolute Gasteiger partial charge is 0.386 e. The van der Waals surface area contributed by atoms with Gasteiger partial charge in [-0.15, -0.1) is 6.42 Å². The third-order valence-electron chi connectivity index (χ3n) is 4.05. The molecule has 1 aliphatic rings. The SMILES string of the molecule is C#C[C@@]1(F)[C@H](O)[C@@H](COP=O)O[C@H]1n1cnc2c(N(C)C)nc(N)nc21. The van der Waals surface area contributed by atoms with E-state index in [0.29, 0.717) is 11.3 Å². The fourth-order valence-corrected chi connectivity index (χ4v) is 3.02. The third-order valence-corrected chi connectivity index (χ3v) is 4.31. The van der Waals surface area contributed by atoms with E-state index in [9.17, 15) is 9.67 Å². The number of aliphatic hydroxyl groups excluding tert-OH is 1. The van der Waals surface area contributed by atoms with E-state index in [1.54, 1.807) is 19.0 Å². The second-order valence-electron chi connectivity index (χ2n) is 5.88. The summed E-state index contributed by atoms with van der Waals surface area (Å²) in [6, 6.07) is 0. The van der Waals surface area contributed by atoms with Crippen molar-refractivity contribution in [3.05, 3.63) is 6.33 Å². The Balaban J connectivity index is 2.10. The van der Waals surface area contributed by atoms with Crippen molar-refractivity contribution < 1.29 is 23.3 Å². The lowest BCUT2D eigenvalue weighted by atomic mass is 9.97. The van der Waals surface area contributed by atoms with Gasteiger partial charge in [-0.3, -0.25) is 9.09 Å². The first-order valence-electron chi connectivity index (χ1n) is 7.45. The van der Waals surface area contributed by atoms with Crippen LogP contribution in [0.4, 0.5) is 16.2 Å². The average Bonchev–Trinajstić information content (AvgIpc) is 3.12. The van der Waals surface area contributed by atoms with Crippen LogP contribution < -0.4 is 10.6 Å². The number of ether oxygens (including phenoxy) is 1. The number of nitrogens with two attached hydrogens (primary N) is 1. The Morgan fingerprint density at radius 2 is 2.35 bits per heavy atom. The number of alkyl halides is 1. The summed E-state index contributed by atoms with van der Waals surface area (Å²) < 4.78 is 37.3. The highest BCUT2D eigenvalue weighted by Gasteiger charge is 2.58. The Bertz CT molecular complexity index is 886. The van der Waals surface area contributed by atoms with Gasteiger partial charge < -0.3 is 20.5 Å². The zero-order valence-corrected chi connectivity index (χ0v) is 14.8. The van der Waals surface area contributed by atoms with Crippen LogP contribution in [0.15, 0.2) is 6.33 Å². The van der Waals surface area contributed by atoms with Gasteiger partial charge in [-0.05, 0) is 0 Å². The Morgan fingerprint density at radius 1 is 1.62 bits per heavy atom. The summed E-state index contributed by atoms with van der Waals surface area (Å²) in [4.78, 5) is 14.1. The molecule has 0 saturated carbocycles. The first kappa shape index (κ1) is 18.4. The van der Waals surface area contributed by atoms with Crippen molar-refractivity contribution >= 4 is 31.6 Å². The second kappa shape index (κ2) is 6.74. The fraction of sp³-hybridized carbons (Fsp3) is 0.500. The molecule has 26 heavy (non-hydrogen) atoms. The van der Waals surface area contributed by atoms with E-state index in [0.717, 1.165) is 0 Å². The van der Waals surface area contributed by atoms with Gasteiger partial charge >= 0.3 is 8.69 Å². The summed E-state index contributed by atoms with van der Waals surface area (Å²) in [7, 11) is 2.86. The van der Waals surface area contributed by atoms with Crippen LogP contribution in [-0.4, -0.2) is 63.2 Å². The van der Waals surface area contributed by atoms with Gasteiger partial charge in [0.25, 0.3) is 0 Å². The number of anilines is 2. The second-order valence-corrected chi connectivity index (χ2v) is 6.29. The zero-order valence-electron chi connectivity index (χ0n) is 13.9. The van der Waals surface area contributed by atoms with E-state index in [2.05, 4.69) is 19.5 Å². The number of aromatic nitrogens is 4. The summed E-state index contributed by atoms with van der Waals surface area (Å²) in [5, 5.41) is 10.2. The van der Waals surface area contributed by atoms with E-state index in [4.69, 9.17) is 16.9 Å². The van der Waals surface area contributed by atoms with Crippen LogP contribution in [0.2, 0.25) is 0 Å². The topological polar surface area (TPSA) is 129 Å². The number of nitrogen functional groups attached to an aromatic ring is 1. The summed E-state index contributed by atoms with van der Waals surface area (Å²) >= 11 is 0. The van der Waals surface area contributed by atoms with Crippen LogP contribution in [-0.2, 0) is 13.8 Å². The van der Waals surface area contributed by atoms with E-state index in [1.165, 1.54) is 10.9 Å². The lowest BCUT2D eigenvalue weighted by Crippen LogP contribution is -2.42. The highest BCUT2D eigenvalue weighted by Crippen LogP contribution is 2.43. The first-order chi connectivity index (χ1) is 12.3. The normalized spacial score (nSPS) is 28.5. The van der Waals surface area contributed by atoms with E-state index in [-0.39, 0.29) is 18.2 Å². The maximum Gasteiger partial charge on any atom is 0.327 e. The minimum Gasteiger partial charge on any atom is -0.386 e. The number of rotatable bonds is 5. The van der Waals surface area contributed by atoms with Crippen molar-refractivity contribution in [1.29, 1.82) is 0 Å². The van der Waals surface area contributed by atoms with Gasteiger partial charge in [0.15, 0.2) is 23.2 Å². The van der Waals surface area contributed by atoms with Crippen molar-refractivity contribution in [2.45, 2.75) is 24.1 Å². The zero-order chi connectivity index (χ0) is 19.1. The summed E-state index contributed by atoms with van der Waals surface area (Å²) in [5.74, 6) is 2.33. The van der Waals surface area contributed by atoms with Crippen molar-refractivity contribution in [3.63, 3.8) is 0 Å². The van der Waals surface area contributed by atoms with Gasteiger partial charge in [-0.2, -0.15) is 9.97 Å². The van der Waals surface area contributed by atoms with Crippen molar-refractivity contribution in [1.82, 2.24) is 19.5 Å². The molecule has 0 amide bonds. The number of terminal acetylenes is 1. The molecule has 0 radical (unpaired) electrons. The standard InChI is InChI=1S/C14H16FN6O4P/c1-4-14(15)9(22)7(5-24-26-23)25-12(14)21-6-17-8-10(20(2)3)18-13(16)19-11(8)21/h1,6-7,9,12,22H,5H2,2-3H3,(H2,16,18,19)/t7-,9-,12-,14-/m1/s1. The molecule has 0 unspecified atom stereocenters. The molecule has 3 N–H and O–H groups in total. The monoisotopic (exact) mass is 382 g/mol. The Labute approximate surface area is 149 Å². The number of hydrogen-bond donors (Lipinski definition) is 2. The van der Waals surface area contributed by atoms with Crippen molar-refractivity contribution in [3.8, 4) is 12.3 Å². The highest BCUT2D eigenvalue weighted by molar-refractivity contribution is 7.17. The average molecular weight is 382 g/mol. The van der Waals surface area contributed by atoms with Gasteiger partial charge in [0.2, 0.25) is 11.6 Å². The molecule has 0 aliphatic carbocycles. The molecule has 10 nitrogen and oxygen atoms in total. The molecule has 0 spiro atoms. The minimum atomic E-state index is -2.58.